The van der Waals surface area contributed by atoms with Gasteiger partial charge in [-0.05, 0) is 119 Å². The monoisotopic (exact) mass is 666 g/mol. The summed E-state index contributed by atoms with van der Waals surface area (Å²) in [4.78, 5) is 23.3. The average Bonchev–Trinajstić information content (AvgIpc) is 3.86. The summed E-state index contributed by atoms with van der Waals surface area (Å²) in [7, 11) is 0. The number of carbonyl (C=O) groups excluding carboxylic acids is 2. The fourth-order valence-corrected chi connectivity index (χ4v) is 5.83. The van der Waals surface area contributed by atoms with Crippen molar-refractivity contribution in [1.82, 2.24) is 10.6 Å². The van der Waals surface area contributed by atoms with E-state index < -0.39 is 11.2 Å². The van der Waals surface area contributed by atoms with Gasteiger partial charge in [0.2, 0.25) is 0 Å². The molecule has 44 heavy (non-hydrogen) atoms. The molecule has 2 N–H and O–H groups in total. The lowest BCUT2D eigenvalue weighted by Crippen LogP contribution is -2.33. The van der Waals surface area contributed by atoms with E-state index in [1.807, 2.05) is 71.9 Å². The highest BCUT2D eigenvalue weighted by molar-refractivity contribution is 9.10. The zero-order chi connectivity index (χ0) is 32.1. The van der Waals surface area contributed by atoms with Gasteiger partial charge in [-0.3, -0.25) is 0 Å². The molecule has 0 radical (unpaired) electrons. The van der Waals surface area contributed by atoms with Crippen LogP contribution < -0.4 is 10.6 Å². The summed E-state index contributed by atoms with van der Waals surface area (Å²) in [5, 5.41) is 5.70. The number of amides is 2. The first-order valence-electron chi connectivity index (χ1n) is 15.2. The molecule has 0 aliphatic heterocycles. The first-order chi connectivity index (χ1) is 20.7. The van der Waals surface area contributed by atoms with Crippen LogP contribution in [0.15, 0.2) is 77.3 Å². The summed E-state index contributed by atoms with van der Waals surface area (Å²) in [5.74, 6) is 1.66. The van der Waals surface area contributed by atoms with Gasteiger partial charge in [0, 0.05) is 17.6 Å². The Bertz CT molecular complexity index is 1430. The normalized spacial score (nSPS) is 20.5. The Labute approximate surface area is 269 Å². The minimum Gasteiger partial charge on any atom is -0.444 e. The number of benzene rings is 3. The molecule has 0 saturated heterocycles. The molecule has 4 atom stereocenters. The third kappa shape index (κ3) is 10.4. The molecule has 5 rings (SSSR count). The first-order valence-corrected chi connectivity index (χ1v) is 16.0. The molecular weight excluding hydrogens is 623 g/mol. The fraction of sp³-hybridized carbons (Fsp3) is 0.444. The van der Waals surface area contributed by atoms with Crippen molar-refractivity contribution in [2.45, 2.75) is 77.4 Å². The van der Waals surface area contributed by atoms with Gasteiger partial charge in [0.1, 0.15) is 17.0 Å². The third-order valence-corrected chi connectivity index (χ3v) is 8.20. The van der Waals surface area contributed by atoms with Gasteiger partial charge in [0.05, 0.1) is 0 Å². The maximum atomic E-state index is 13.2. The quantitative estimate of drug-likeness (QED) is 0.264. The molecule has 2 aliphatic rings. The lowest BCUT2D eigenvalue weighted by Gasteiger charge is -2.19. The van der Waals surface area contributed by atoms with Gasteiger partial charge >= 0.3 is 12.2 Å². The molecule has 0 bridgehead atoms. The molecule has 236 valence electrons. The summed E-state index contributed by atoms with van der Waals surface area (Å²) >= 11 is 3.57. The number of alkyl carbamates (subject to hydrolysis) is 2. The Morgan fingerprint density at radius 3 is 1.68 bits per heavy atom. The van der Waals surface area contributed by atoms with Crippen LogP contribution in [-0.2, 0) is 9.47 Å². The highest BCUT2D eigenvalue weighted by atomic mass is 79.9. The zero-order valence-electron chi connectivity index (χ0n) is 26.5. The predicted octanol–water partition coefficient (Wildman–Crippen LogP) is 9.20. The minimum atomic E-state index is -0.484. The lowest BCUT2D eigenvalue weighted by molar-refractivity contribution is 0.0513. The van der Waals surface area contributed by atoms with Crippen molar-refractivity contribution in [2.75, 3.05) is 13.1 Å². The van der Waals surface area contributed by atoms with E-state index in [0.29, 0.717) is 36.8 Å². The van der Waals surface area contributed by atoms with E-state index in [2.05, 4.69) is 56.9 Å². The van der Waals surface area contributed by atoms with E-state index in [-0.39, 0.29) is 18.0 Å². The van der Waals surface area contributed by atoms with Crippen molar-refractivity contribution in [3.05, 3.63) is 94.2 Å². The molecule has 2 fully saturated rings. The Morgan fingerprint density at radius 2 is 1.18 bits per heavy atom. The van der Waals surface area contributed by atoms with Crippen LogP contribution >= 0.6 is 15.9 Å². The summed E-state index contributed by atoms with van der Waals surface area (Å²) < 4.78 is 24.8. The second-order valence-electron chi connectivity index (χ2n) is 13.6. The van der Waals surface area contributed by atoms with Crippen molar-refractivity contribution in [3.63, 3.8) is 0 Å². The molecular formula is C36H44BrFN2O4. The van der Waals surface area contributed by atoms with Crippen LogP contribution in [0, 0.1) is 17.7 Å². The average molecular weight is 668 g/mol. The number of nitrogens with one attached hydrogen (secondary N) is 2. The van der Waals surface area contributed by atoms with Crippen LogP contribution in [0.3, 0.4) is 0 Å². The Hall–Kier alpha value is -3.39. The van der Waals surface area contributed by atoms with Crippen LogP contribution in [0.2, 0.25) is 0 Å². The Kier molecular flexibility index (Phi) is 10.8. The zero-order valence-corrected chi connectivity index (χ0v) is 28.0. The van der Waals surface area contributed by atoms with Crippen LogP contribution in [-0.4, -0.2) is 36.5 Å². The summed E-state index contributed by atoms with van der Waals surface area (Å²) in [6.07, 6.45) is 1.46. The number of hydrogen-bond acceptors (Lipinski definition) is 4. The van der Waals surface area contributed by atoms with Crippen LogP contribution in [0.25, 0.3) is 11.1 Å². The van der Waals surface area contributed by atoms with Gasteiger partial charge in [-0.1, -0.05) is 70.5 Å². The van der Waals surface area contributed by atoms with Crippen LogP contribution in [0.4, 0.5) is 14.0 Å². The second kappa shape index (κ2) is 14.1. The van der Waals surface area contributed by atoms with Gasteiger partial charge in [0.25, 0.3) is 0 Å². The SMILES string of the molecule is CC(C)(C)OC(=O)NCC1CC1c1ccccc1-c1ccc(F)cc1.CC(C)(C)OC(=O)NCC1CC1c1ccccc1Br. The molecule has 2 saturated carbocycles. The van der Waals surface area contributed by atoms with E-state index in [1.165, 1.54) is 23.3 Å². The van der Waals surface area contributed by atoms with Crippen LogP contribution in [0.1, 0.15) is 77.3 Å². The smallest absolute Gasteiger partial charge is 0.407 e. The molecule has 3 aromatic rings. The topological polar surface area (TPSA) is 76.7 Å². The molecule has 8 heteroatoms. The largest absolute Gasteiger partial charge is 0.444 e. The standard InChI is InChI=1S/C21H24FNO2.C15H20BrNO2/c1-21(2,3)25-20(24)23-13-15-12-19(15)18-7-5-4-6-17(18)14-8-10-16(22)11-9-14;1-15(2,3)19-14(18)17-9-10-8-12(10)11-6-4-5-7-13(11)16/h4-11,15,19H,12-13H2,1-3H3,(H,23,24);4-7,10,12H,8-9H2,1-3H3,(H,17,18). The first kappa shape index (κ1) is 33.5. The highest BCUT2D eigenvalue weighted by Gasteiger charge is 2.40. The van der Waals surface area contributed by atoms with Crippen molar-refractivity contribution in [1.29, 1.82) is 0 Å². The van der Waals surface area contributed by atoms with Gasteiger partial charge in [-0.15, -0.1) is 0 Å². The fourth-order valence-electron chi connectivity index (χ4n) is 5.25. The number of ether oxygens (including phenoxy) is 2. The number of rotatable bonds is 7. The van der Waals surface area contributed by atoms with E-state index in [4.69, 9.17) is 9.47 Å². The molecule has 2 amide bonds. The molecule has 2 aliphatic carbocycles. The van der Waals surface area contributed by atoms with Gasteiger partial charge in [-0.25, -0.2) is 14.0 Å². The molecule has 0 aromatic heterocycles. The van der Waals surface area contributed by atoms with Crippen molar-refractivity contribution < 1.29 is 23.5 Å². The van der Waals surface area contributed by atoms with Crippen molar-refractivity contribution in [3.8, 4) is 11.1 Å². The Balaban J connectivity index is 0.000000209. The van der Waals surface area contributed by atoms with E-state index in [0.717, 1.165) is 28.4 Å². The van der Waals surface area contributed by atoms with Gasteiger partial charge in [-0.2, -0.15) is 0 Å². The van der Waals surface area contributed by atoms with Crippen molar-refractivity contribution >= 4 is 28.1 Å². The van der Waals surface area contributed by atoms with Crippen molar-refractivity contribution in [2.24, 2.45) is 11.8 Å². The maximum Gasteiger partial charge on any atom is 0.407 e. The molecule has 4 unspecified atom stereocenters. The summed E-state index contributed by atoms with van der Waals surface area (Å²) in [5.41, 5.74) is 3.82. The second-order valence-corrected chi connectivity index (χ2v) is 14.4. The van der Waals surface area contributed by atoms with Gasteiger partial charge < -0.3 is 20.1 Å². The number of halogens is 2. The van der Waals surface area contributed by atoms with Crippen LogP contribution in [0.5, 0.6) is 0 Å². The van der Waals surface area contributed by atoms with E-state index in [9.17, 15) is 14.0 Å². The number of carbonyl (C=O) groups is 2. The minimum absolute atomic E-state index is 0.230. The molecule has 0 heterocycles. The van der Waals surface area contributed by atoms with E-state index in [1.54, 1.807) is 0 Å². The molecule has 6 nitrogen and oxygen atoms in total. The summed E-state index contributed by atoms with van der Waals surface area (Å²) in [6.45, 7) is 12.5. The predicted molar refractivity (Wildman–Crippen MR) is 176 cm³/mol. The third-order valence-electron chi connectivity index (χ3n) is 7.48. The van der Waals surface area contributed by atoms with E-state index >= 15 is 0 Å². The highest BCUT2D eigenvalue weighted by Crippen LogP contribution is 2.50. The lowest BCUT2D eigenvalue weighted by atomic mass is 9.96. The molecule has 3 aromatic carbocycles. The summed E-state index contributed by atoms with van der Waals surface area (Å²) in [6, 6.07) is 23.1. The Morgan fingerprint density at radius 1 is 0.727 bits per heavy atom. The van der Waals surface area contributed by atoms with Gasteiger partial charge in [0.15, 0.2) is 0 Å². The molecule has 0 spiro atoms. The number of hydrogen-bond donors (Lipinski definition) is 2. The maximum absolute atomic E-state index is 13.2.